The van der Waals surface area contributed by atoms with E-state index in [9.17, 15) is 29.8 Å². The van der Waals surface area contributed by atoms with Gasteiger partial charge in [0.2, 0.25) is 0 Å². The maximum atomic E-state index is 11.5. The zero-order chi connectivity index (χ0) is 27.1. The van der Waals surface area contributed by atoms with E-state index in [2.05, 4.69) is 20.4 Å². The van der Waals surface area contributed by atoms with Crippen molar-refractivity contribution < 1.29 is 35.9 Å². The van der Waals surface area contributed by atoms with Crippen LogP contribution in [0.2, 0.25) is 0 Å². The molecule has 0 saturated carbocycles. The first kappa shape index (κ1) is 33.6. The van der Waals surface area contributed by atoms with Crippen LogP contribution in [0.25, 0.3) is 0 Å². The van der Waals surface area contributed by atoms with Crippen LogP contribution in [0.1, 0.15) is 12.8 Å². The summed E-state index contributed by atoms with van der Waals surface area (Å²) >= 11 is 0. The van der Waals surface area contributed by atoms with Crippen LogP contribution in [0.4, 0.5) is 0 Å². The van der Waals surface area contributed by atoms with Crippen molar-refractivity contribution in [2.24, 2.45) is 0 Å². The quantitative estimate of drug-likeness (QED) is 0.118. The van der Waals surface area contributed by atoms with Crippen molar-refractivity contribution in [1.29, 1.82) is 0 Å². The Labute approximate surface area is 226 Å². The summed E-state index contributed by atoms with van der Waals surface area (Å²) in [7, 11) is 7.94. The number of ketones is 2. The van der Waals surface area contributed by atoms with Crippen LogP contribution in [-0.4, -0.2) is 85.6 Å². The van der Waals surface area contributed by atoms with Gasteiger partial charge in [-0.15, -0.1) is 0 Å². The predicted octanol–water partition coefficient (Wildman–Crippen LogP) is 1.42. The topological polar surface area (TPSA) is 151 Å². The molecule has 13 heteroatoms. The molecule has 0 fully saturated rings. The average molecular weight is 561 g/mol. The van der Waals surface area contributed by atoms with E-state index >= 15 is 0 Å². The SMILES string of the molecule is CN(C)CCCN/C=C1/C=C([N+](=O)[O-])C=CC1=O.CN(C)CCCN/C=C1/C=C([N+](=O)[O-])C=CC1=O.[Ni+2]. The van der Waals surface area contributed by atoms with E-state index in [1.54, 1.807) is 0 Å². The van der Waals surface area contributed by atoms with E-state index in [4.69, 9.17) is 0 Å². The molecule has 0 spiro atoms. The van der Waals surface area contributed by atoms with E-state index in [1.807, 2.05) is 28.2 Å². The van der Waals surface area contributed by atoms with E-state index in [1.165, 1.54) is 48.9 Å². The van der Waals surface area contributed by atoms with Gasteiger partial charge in [-0.05, 0) is 66.3 Å². The minimum absolute atomic E-state index is 0. The fraction of sp³-hybridized carbons (Fsp3) is 0.417. The van der Waals surface area contributed by atoms with Crippen LogP contribution in [0.5, 0.6) is 0 Å². The summed E-state index contributed by atoms with van der Waals surface area (Å²) in [4.78, 5) is 47.2. The maximum Gasteiger partial charge on any atom is 2.00 e. The monoisotopic (exact) mass is 560 g/mol. The van der Waals surface area contributed by atoms with Crippen molar-refractivity contribution in [2.75, 3.05) is 54.4 Å². The Morgan fingerprint density at radius 3 is 1.38 bits per heavy atom. The molecule has 2 aliphatic carbocycles. The Kier molecular flexibility index (Phi) is 16.3. The first-order valence-electron chi connectivity index (χ1n) is 11.3. The molecule has 0 saturated heterocycles. The summed E-state index contributed by atoms with van der Waals surface area (Å²) in [5.41, 5.74) is 0.481. The number of nitro groups is 2. The molecule has 0 unspecified atom stereocenters. The van der Waals surface area contributed by atoms with Crippen molar-refractivity contribution in [3.05, 3.63) is 91.6 Å². The molecule has 2 aliphatic rings. The van der Waals surface area contributed by atoms with Crippen molar-refractivity contribution in [1.82, 2.24) is 20.4 Å². The van der Waals surface area contributed by atoms with Gasteiger partial charge in [0.15, 0.2) is 11.6 Å². The Hall–Kier alpha value is -3.41. The normalized spacial score (nSPS) is 16.7. The number of nitrogens with zero attached hydrogens (tertiary/aromatic N) is 4. The summed E-state index contributed by atoms with van der Waals surface area (Å²) in [6, 6.07) is 0. The number of hydrogen-bond acceptors (Lipinski definition) is 10. The van der Waals surface area contributed by atoms with Gasteiger partial charge in [-0.3, -0.25) is 29.8 Å². The van der Waals surface area contributed by atoms with Crippen LogP contribution in [-0.2, 0) is 26.1 Å². The summed E-state index contributed by atoms with van der Waals surface area (Å²) in [5, 5.41) is 27.1. The third kappa shape index (κ3) is 14.1. The van der Waals surface area contributed by atoms with Crippen LogP contribution in [0.15, 0.2) is 71.4 Å². The zero-order valence-corrected chi connectivity index (χ0v) is 22.4. The Morgan fingerprint density at radius 2 is 1.08 bits per heavy atom. The molecule has 0 aromatic carbocycles. The molecule has 0 aliphatic heterocycles. The number of hydrogen-bond donors (Lipinski definition) is 2. The first-order chi connectivity index (χ1) is 17.0. The van der Waals surface area contributed by atoms with Gasteiger partial charge in [0, 0.05) is 60.9 Å². The summed E-state index contributed by atoms with van der Waals surface area (Å²) in [5.74, 6) is -0.443. The van der Waals surface area contributed by atoms with Crippen molar-refractivity contribution in [3.8, 4) is 0 Å². The number of rotatable bonds is 12. The third-order valence-corrected chi connectivity index (χ3v) is 4.78. The molecule has 204 valence electrons. The molecule has 0 bridgehead atoms. The number of carbonyl (C=O) groups excluding carboxylic acids is 2. The second kappa shape index (κ2) is 17.9. The minimum Gasteiger partial charge on any atom is -0.390 e. The van der Waals surface area contributed by atoms with Crippen molar-refractivity contribution >= 4 is 11.6 Å². The number of nitrogens with one attached hydrogen (secondary N) is 2. The van der Waals surface area contributed by atoms with Gasteiger partial charge in [-0.25, -0.2) is 0 Å². The standard InChI is InChI=1S/2C12H17N3O3.Ni/c2*1-14(2)7-3-6-13-9-10-8-11(15(17)18)4-5-12(10)16;/h2*4-5,8-9,13H,3,6-7H2,1-2H3;/q;;+2/b2*10-9-;. The van der Waals surface area contributed by atoms with Gasteiger partial charge < -0.3 is 20.4 Å². The van der Waals surface area contributed by atoms with E-state index in [0.717, 1.165) is 39.0 Å². The zero-order valence-electron chi connectivity index (χ0n) is 21.4. The summed E-state index contributed by atoms with van der Waals surface area (Å²) < 4.78 is 0. The molecule has 2 N–H and O–H groups in total. The molecular formula is C24H34N6NiO6+2. The Morgan fingerprint density at radius 1 is 0.730 bits per heavy atom. The average Bonchev–Trinajstić information content (AvgIpc) is 2.80. The third-order valence-electron chi connectivity index (χ3n) is 4.78. The summed E-state index contributed by atoms with van der Waals surface area (Å²) in [6.07, 6.45) is 12.4. The van der Waals surface area contributed by atoms with Crippen LogP contribution < -0.4 is 10.6 Å². The van der Waals surface area contributed by atoms with E-state index in [0.29, 0.717) is 11.1 Å². The summed E-state index contributed by atoms with van der Waals surface area (Å²) in [6.45, 7) is 3.33. The van der Waals surface area contributed by atoms with Gasteiger partial charge in [0.05, 0.1) is 9.85 Å². The fourth-order valence-corrected chi connectivity index (χ4v) is 2.88. The van der Waals surface area contributed by atoms with E-state index in [-0.39, 0.29) is 39.5 Å². The number of carbonyl (C=O) groups is 2. The van der Waals surface area contributed by atoms with E-state index < -0.39 is 9.85 Å². The van der Waals surface area contributed by atoms with Gasteiger partial charge in [0.1, 0.15) is 0 Å². The molecule has 0 radical (unpaired) electrons. The van der Waals surface area contributed by atoms with Gasteiger partial charge >= 0.3 is 16.5 Å². The van der Waals surface area contributed by atoms with Gasteiger partial charge in [0.25, 0.3) is 11.4 Å². The molecular weight excluding hydrogens is 527 g/mol. The largest absolute Gasteiger partial charge is 2.00 e. The molecule has 37 heavy (non-hydrogen) atoms. The van der Waals surface area contributed by atoms with Crippen molar-refractivity contribution in [2.45, 2.75) is 12.8 Å². The molecule has 0 heterocycles. The van der Waals surface area contributed by atoms with Crippen LogP contribution in [0.3, 0.4) is 0 Å². The molecule has 0 amide bonds. The number of allylic oxidation sites excluding steroid dienone is 8. The molecule has 0 aromatic heterocycles. The first-order valence-corrected chi connectivity index (χ1v) is 11.3. The fourth-order valence-electron chi connectivity index (χ4n) is 2.88. The molecule has 12 nitrogen and oxygen atoms in total. The molecule has 0 atom stereocenters. The second-order valence-corrected chi connectivity index (χ2v) is 8.47. The van der Waals surface area contributed by atoms with Gasteiger partial charge in [-0.2, -0.15) is 0 Å². The minimum atomic E-state index is -0.511. The van der Waals surface area contributed by atoms with Crippen molar-refractivity contribution in [3.63, 3.8) is 0 Å². The predicted molar refractivity (Wildman–Crippen MR) is 137 cm³/mol. The van der Waals surface area contributed by atoms with Gasteiger partial charge in [-0.1, -0.05) is 0 Å². The molecule has 0 aromatic rings. The smallest absolute Gasteiger partial charge is 0.390 e. The van der Waals surface area contributed by atoms with Crippen LogP contribution >= 0.6 is 0 Å². The van der Waals surface area contributed by atoms with Crippen LogP contribution in [0, 0.1) is 20.2 Å². The second-order valence-electron chi connectivity index (χ2n) is 8.47. The maximum absolute atomic E-state index is 11.5. The Bertz CT molecular complexity index is 931. The molecule has 2 rings (SSSR count). The Balaban J connectivity index is 0.000000682.